The quantitative estimate of drug-likeness (QED) is 0.883. The van der Waals surface area contributed by atoms with Crippen LogP contribution < -0.4 is 4.74 Å². The third-order valence-corrected chi connectivity index (χ3v) is 4.58. The number of fused-ring (bicyclic) bond motifs is 3. The second-order valence-corrected chi connectivity index (χ2v) is 6.02. The number of aryl methyl sites for hydroxylation is 1. The van der Waals surface area contributed by atoms with Gasteiger partial charge in [0.05, 0.1) is 18.5 Å². The molecule has 112 valence electrons. The first-order valence-corrected chi connectivity index (χ1v) is 8.11. The number of carboxylic acid groups (broad SMARTS) is 1. The summed E-state index contributed by atoms with van der Waals surface area (Å²) in [7, 11) is 4.39. The SMILES string of the molecule is COc1cccc2c1c1c(n2CCP)CCCC1C(=O)O. The summed E-state index contributed by atoms with van der Waals surface area (Å²) in [5.74, 6) is -0.371. The highest BCUT2D eigenvalue weighted by Gasteiger charge is 2.32. The smallest absolute Gasteiger partial charge is 0.311 e. The molecule has 4 nitrogen and oxygen atoms in total. The number of hydrogen-bond acceptors (Lipinski definition) is 2. The predicted octanol–water partition coefficient (Wildman–Crippen LogP) is 3.03. The summed E-state index contributed by atoms with van der Waals surface area (Å²) in [6.07, 6.45) is 3.53. The number of nitrogens with zero attached hydrogens (tertiary/aromatic N) is 1. The van der Waals surface area contributed by atoms with Gasteiger partial charge in [-0.1, -0.05) is 6.07 Å². The van der Waals surface area contributed by atoms with Crippen LogP contribution in [0.3, 0.4) is 0 Å². The Morgan fingerprint density at radius 3 is 3.00 bits per heavy atom. The molecule has 21 heavy (non-hydrogen) atoms. The molecule has 1 N–H and O–H groups in total. The summed E-state index contributed by atoms with van der Waals surface area (Å²) in [5, 5.41) is 10.6. The Bertz CT molecular complexity index is 692. The number of rotatable bonds is 4. The molecule has 1 aliphatic rings. The lowest BCUT2D eigenvalue weighted by Crippen LogP contribution is -2.19. The van der Waals surface area contributed by atoms with Crippen LogP contribution in [0.2, 0.25) is 0 Å². The zero-order valence-electron chi connectivity index (χ0n) is 12.1. The van der Waals surface area contributed by atoms with Gasteiger partial charge < -0.3 is 14.4 Å². The van der Waals surface area contributed by atoms with Gasteiger partial charge in [-0.3, -0.25) is 4.79 Å². The number of aromatic nitrogens is 1. The maximum absolute atomic E-state index is 11.7. The van der Waals surface area contributed by atoms with E-state index in [1.54, 1.807) is 7.11 Å². The molecule has 0 amide bonds. The van der Waals surface area contributed by atoms with E-state index in [9.17, 15) is 9.90 Å². The zero-order valence-corrected chi connectivity index (χ0v) is 13.3. The lowest BCUT2D eigenvalue weighted by molar-refractivity contribution is -0.139. The van der Waals surface area contributed by atoms with Crippen LogP contribution in [0.25, 0.3) is 10.9 Å². The Kier molecular flexibility index (Phi) is 3.90. The molecule has 3 rings (SSSR count). The fourth-order valence-electron chi connectivity index (χ4n) is 3.51. The van der Waals surface area contributed by atoms with E-state index in [4.69, 9.17) is 4.74 Å². The van der Waals surface area contributed by atoms with Gasteiger partial charge in [-0.25, -0.2) is 0 Å². The largest absolute Gasteiger partial charge is 0.496 e. The van der Waals surface area contributed by atoms with Crippen LogP contribution in [0.4, 0.5) is 0 Å². The van der Waals surface area contributed by atoms with Crippen molar-refractivity contribution >= 4 is 26.1 Å². The Hall–Kier alpha value is -1.54. The molecular weight excluding hydrogens is 285 g/mol. The lowest BCUT2D eigenvalue weighted by Gasteiger charge is -2.21. The highest BCUT2D eigenvalue weighted by molar-refractivity contribution is 7.16. The van der Waals surface area contributed by atoms with E-state index in [0.717, 1.165) is 47.8 Å². The number of methoxy groups -OCH3 is 1. The summed E-state index contributed by atoms with van der Waals surface area (Å²) < 4.78 is 7.77. The van der Waals surface area contributed by atoms with Gasteiger partial charge >= 0.3 is 5.97 Å². The topological polar surface area (TPSA) is 51.5 Å². The van der Waals surface area contributed by atoms with E-state index >= 15 is 0 Å². The molecular formula is C16H20NO3P. The van der Waals surface area contributed by atoms with Gasteiger partial charge in [-0.05, 0) is 43.1 Å². The Morgan fingerprint density at radius 1 is 1.52 bits per heavy atom. The lowest BCUT2D eigenvalue weighted by atomic mass is 9.85. The average molecular weight is 305 g/mol. The van der Waals surface area contributed by atoms with Crippen molar-refractivity contribution in [3.05, 3.63) is 29.5 Å². The second kappa shape index (κ2) is 5.69. The molecule has 0 bridgehead atoms. The molecule has 1 aromatic heterocycles. The number of ether oxygens (including phenoxy) is 1. The van der Waals surface area contributed by atoms with Crippen molar-refractivity contribution in [2.75, 3.05) is 13.3 Å². The fraction of sp³-hybridized carbons (Fsp3) is 0.438. The molecule has 1 heterocycles. The summed E-state index contributed by atoms with van der Waals surface area (Å²) in [5.41, 5.74) is 3.24. The van der Waals surface area contributed by atoms with Crippen molar-refractivity contribution in [1.82, 2.24) is 4.57 Å². The van der Waals surface area contributed by atoms with Crippen LogP contribution in [-0.4, -0.2) is 28.9 Å². The molecule has 0 radical (unpaired) electrons. The first kappa shape index (κ1) is 14.4. The molecule has 2 atom stereocenters. The molecule has 0 saturated heterocycles. The van der Waals surface area contributed by atoms with Crippen molar-refractivity contribution in [3.63, 3.8) is 0 Å². The molecule has 5 heteroatoms. The van der Waals surface area contributed by atoms with Crippen LogP contribution in [0.5, 0.6) is 5.75 Å². The van der Waals surface area contributed by atoms with Crippen LogP contribution >= 0.6 is 9.24 Å². The van der Waals surface area contributed by atoms with Crippen LogP contribution in [-0.2, 0) is 17.8 Å². The Balaban J connectivity index is 2.36. The molecule has 2 aromatic rings. The van der Waals surface area contributed by atoms with E-state index in [1.807, 2.05) is 12.1 Å². The van der Waals surface area contributed by atoms with Gasteiger partial charge in [-0.2, -0.15) is 0 Å². The van der Waals surface area contributed by atoms with Crippen LogP contribution in [0, 0.1) is 0 Å². The van der Waals surface area contributed by atoms with Gasteiger partial charge in [-0.15, -0.1) is 9.24 Å². The van der Waals surface area contributed by atoms with Crippen LogP contribution in [0.15, 0.2) is 18.2 Å². The minimum Gasteiger partial charge on any atom is -0.496 e. The Labute approximate surface area is 126 Å². The summed E-state index contributed by atoms with van der Waals surface area (Å²) in [6.45, 7) is 0.885. The van der Waals surface area contributed by atoms with E-state index in [-0.39, 0.29) is 0 Å². The number of aliphatic carboxylic acids is 1. The highest BCUT2D eigenvalue weighted by Crippen LogP contribution is 2.43. The third kappa shape index (κ3) is 2.22. The summed E-state index contributed by atoms with van der Waals surface area (Å²) >= 11 is 0. The highest BCUT2D eigenvalue weighted by atomic mass is 31.0. The van der Waals surface area contributed by atoms with Gasteiger partial charge in [0, 0.05) is 17.6 Å². The average Bonchev–Trinajstić information content (AvgIpc) is 2.82. The molecule has 0 fully saturated rings. The minimum absolute atomic E-state index is 0.418. The molecule has 1 aliphatic carbocycles. The van der Waals surface area contributed by atoms with Crippen molar-refractivity contribution < 1.29 is 14.6 Å². The predicted molar refractivity (Wildman–Crippen MR) is 86.4 cm³/mol. The molecule has 2 unspecified atom stereocenters. The van der Waals surface area contributed by atoms with Crippen molar-refractivity contribution in [3.8, 4) is 5.75 Å². The zero-order chi connectivity index (χ0) is 15.0. The third-order valence-electron chi connectivity index (χ3n) is 4.33. The molecule has 0 saturated carbocycles. The molecule has 0 spiro atoms. The van der Waals surface area contributed by atoms with Gasteiger partial charge in [0.2, 0.25) is 0 Å². The van der Waals surface area contributed by atoms with Crippen molar-refractivity contribution in [2.45, 2.75) is 31.7 Å². The Morgan fingerprint density at radius 2 is 2.33 bits per heavy atom. The fourth-order valence-corrected chi connectivity index (χ4v) is 3.77. The maximum atomic E-state index is 11.7. The number of carbonyl (C=O) groups is 1. The summed E-state index contributed by atoms with van der Waals surface area (Å²) in [6, 6.07) is 5.96. The second-order valence-electron chi connectivity index (χ2n) is 5.44. The molecule has 1 aromatic carbocycles. The van der Waals surface area contributed by atoms with E-state index in [1.165, 1.54) is 5.69 Å². The monoisotopic (exact) mass is 305 g/mol. The van der Waals surface area contributed by atoms with Crippen molar-refractivity contribution in [2.24, 2.45) is 0 Å². The van der Waals surface area contributed by atoms with Gasteiger partial charge in [0.15, 0.2) is 0 Å². The minimum atomic E-state index is -0.730. The molecule has 0 aliphatic heterocycles. The van der Waals surface area contributed by atoms with E-state index in [0.29, 0.717) is 6.42 Å². The van der Waals surface area contributed by atoms with Gasteiger partial charge in [0.1, 0.15) is 5.75 Å². The number of carboxylic acids is 1. The number of hydrogen-bond donors (Lipinski definition) is 1. The summed E-state index contributed by atoms with van der Waals surface area (Å²) in [4.78, 5) is 11.7. The first-order valence-electron chi connectivity index (χ1n) is 7.29. The van der Waals surface area contributed by atoms with E-state index < -0.39 is 11.9 Å². The van der Waals surface area contributed by atoms with E-state index in [2.05, 4.69) is 19.9 Å². The van der Waals surface area contributed by atoms with Crippen LogP contribution in [0.1, 0.15) is 30.0 Å². The standard InChI is InChI=1S/C16H20NO3P/c1-20-13-7-3-6-12-15(13)14-10(16(18)19)4-2-5-11(14)17(12)8-9-21/h3,6-7,10H,2,4-5,8-9,21H2,1H3,(H,18,19). The van der Waals surface area contributed by atoms with Crippen molar-refractivity contribution in [1.29, 1.82) is 0 Å². The normalized spacial score (nSPS) is 17.7. The van der Waals surface area contributed by atoms with Gasteiger partial charge in [0.25, 0.3) is 0 Å². The number of benzene rings is 1. The first-order chi connectivity index (χ1) is 10.2. The maximum Gasteiger partial charge on any atom is 0.311 e.